The summed E-state index contributed by atoms with van der Waals surface area (Å²) >= 11 is 0. The fourth-order valence-corrected chi connectivity index (χ4v) is 5.30. The summed E-state index contributed by atoms with van der Waals surface area (Å²) in [5, 5.41) is 0. The summed E-state index contributed by atoms with van der Waals surface area (Å²) in [5.41, 5.74) is 6.96. The first-order chi connectivity index (χ1) is 18.0. The Morgan fingerprint density at radius 2 is 1.89 bits per heavy atom. The molecule has 4 heterocycles. The minimum Gasteiger partial charge on any atom is -0.464 e. The van der Waals surface area contributed by atoms with E-state index in [9.17, 15) is 0 Å². The number of aromatic nitrogens is 5. The number of hydrogen-bond donors (Lipinski definition) is 0. The summed E-state index contributed by atoms with van der Waals surface area (Å²) in [7, 11) is 4.19. The predicted molar refractivity (Wildman–Crippen MR) is 145 cm³/mol. The third-order valence-corrected chi connectivity index (χ3v) is 7.35. The van der Waals surface area contributed by atoms with Gasteiger partial charge in [0.15, 0.2) is 11.3 Å². The molecule has 1 fully saturated rings. The van der Waals surface area contributed by atoms with Gasteiger partial charge in [-0.1, -0.05) is 30.3 Å². The molecule has 0 N–H and O–H groups in total. The Morgan fingerprint density at radius 3 is 2.68 bits per heavy atom. The van der Waals surface area contributed by atoms with Crippen LogP contribution in [0.1, 0.15) is 18.7 Å². The molecule has 8 heteroatoms. The molecule has 8 nitrogen and oxygen atoms in total. The van der Waals surface area contributed by atoms with E-state index in [-0.39, 0.29) is 0 Å². The number of piperidine rings is 1. The van der Waals surface area contributed by atoms with E-state index in [1.165, 1.54) is 6.42 Å². The minimum atomic E-state index is 0.468. The predicted octanol–water partition coefficient (Wildman–Crippen LogP) is 5.53. The van der Waals surface area contributed by atoms with Crippen LogP contribution < -0.4 is 4.74 Å². The lowest BCUT2D eigenvalue weighted by atomic mass is 9.99. The van der Waals surface area contributed by atoms with E-state index in [2.05, 4.69) is 39.6 Å². The van der Waals surface area contributed by atoms with E-state index in [1.54, 1.807) is 6.20 Å². The van der Waals surface area contributed by atoms with Gasteiger partial charge in [-0.15, -0.1) is 0 Å². The Balaban J connectivity index is 1.50. The van der Waals surface area contributed by atoms with Crippen molar-refractivity contribution < 1.29 is 4.74 Å². The van der Waals surface area contributed by atoms with Crippen LogP contribution in [0.5, 0.6) is 6.01 Å². The molecule has 5 aromatic rings. The van der Waals surface area contributed by atoms with Crippen molar-refractivity contribution in [1.82, 2.24) is 28.8 Å². The number of rotatable bonds is 5. The average Bonchev–Trinajstić information content (AvgIpc) is 3.51. The Kier molecular flexibility index (Phi) is 5.85. The fourth-order valence-electron chi connectivity index (χ4n) is 5.30. The molecular formula is C29H29N7O. The van der Waals surface area contributed by atoms with Crippen LogP contribution in [0.3, 0.4) is 0 Å². The molecule has 0 saturated carbocycles. The van der Waals surface area contributed by atoms with Crippen LogP contribution in [0, 0.1) is 19.4 Å². The molecule has 1 saturated heterocycles. The SMILES string of the molecule is [C-]#[N+]c1ccc(-c2nc(OC[C@@H]3CCCN(C)C3)n3ccnc3c2-c2ccc3c(c2)nc(C)n3C)cc1. The Bertz CT molecular complexity index is 1640. The van der Waals surface area contributed by atoms with E-state index < -0.39 is 0 Å². The lowest BCUT2D eigenvalue weighted by Crippen LogP contribution is -2.35. The number of nitrogens with zero attached hydrogens (tertiary/aromatic N) is 7. The molecule has 3 aromatic heterocycles. The molecule has 0 bridgehead atoms. The highest BCUT2D eigenvalue weighted by Crippen LogP contribution is 2.37. The first-order valence-corrected chi connectivity index (χ1v) is 12.6. The molecule has 186 valence electrons. The zero-order valence-corrected chi connectivity index (χ0v) is 21.3. The van der Waals surface area contributed by atoms with E-state index in [4.69, 9.17) is 26.3 Å². The maximum atomic E-state index is 7.34. The van der Waals surface area contributed by atoms with Crippen LogP contribution in [0.25, 0.3) is 43.9 Å². The van der Waals surface area contributed by atoms with Gasteiger partial charge in [0, 0.05) is 31.9 Å². The average molecular weight is 492 g/mol. The summed E-state index contributed by atoms with van der Waals surface area (Å²) in [6.45, 7) is 12.1. The van der Waals surface area contributed by atoms with Gasteiger partial charge in [-0.3, -0.25) is 4.40 Å². The molecule has 1 aliphatic heterocycles. The largest absolute Gasteiger partial charge is 0.464 e. The van der Waals surface area contributed by atoms with Crippen LogP contribution >= 0.6 is 0 Å². The van der Waals surface area contributed by atoms with Crippen molar-refractivity contribution in [2.45, 2.75) is 19.8 Å². The van der Waals surface area contributed by atoms with Crippen molar-refractivity contribution in [1.29, 1.82) is 0 Å². The molecule has 0 radical (unpaired) electrons. The third-order valence-electron chi connectivity index (χ3n) is 7.35. The van der Waals surface area contributed by atoms with Crippen molar-refractivity contribution in [3.05, 3.63) is 72.1 Å². The Hall–Kier alpha value is -4.22. The number of imidazole rings is 2. The highest BCUT2D eigenvalue weighted by Gasteiger charge is 2.22. The van der Waals surface area contributed by atoms with Crippen molar-refractivity contribution >= 4 is 22.4 Å². The van der Waals surface area contributed by atoms with Crippen LogP contribution in [0.2, 0.25) is 0 Å². The van der Waals surface area contributed by atoms with Gasteiger partial charge in [-0.05, 0) is 56.6 Å². The second-order valence-electron chi connectivity index (χ2n) is 9.90. The molecule has 1 atom stereocenters. The molecular weight excluding hydrogens is 462 g/mol. The number of aryl methyl sites for hydroxylation is 2. The maximum Gasteiger partial charge on any atom is 0.302 e. The first-order valence-electron chi connectivity index (χ1n) is 12.6. The Morgan fingerprint density at radius 1 is 1.08 bits per heavy atom. The zero-order chi connectivity index (χ0) is 25.5. The number of benzene rings is 2. The topological polar surface area (TPSA) is 64.8 Å². The van der Waals surface area contributed by atoms with Gasteiger partial charge in [-0.2, -0.15) is 4.98 Å². The standard InChI is InChI=1S/C29H29N7O/c1-19-32-24-16-22(9-12-25(24)35(19)4)26-27(21-7-10-23(30-2)11-8-21)33-29(36-15-13-31-28(26)36)37-18-20-6-5-14-34(3)17-20/h7-13,15-16,20H,5-6,14,17-18H2,1,3-4H3/t20-/m1/s1. The monoisotopic (exact) mass is 491 g/mol. The highest BCUT2D eigenvalue weighted by atomic mass is 16.5. The summed E-state index contributed by atoms with van der Waals surface area (Å²) in [4.78, 5) is 20.5. The summed E-state index contributed by atoms with van der Waals surface area (Å²) in [5.74, 6) is 1.43. The van der Waals surface area contributed by atoms with E-state index in [0.29, 0.717) is 24.2 Å². The second kappa shape index (κ2) is 9.34. The highest BCUT2D eigenvalue weighted by molar-refractivity contribution is 5.94. The van der Waals surface area contributed by atoms with Gasteiger partial charge < -0.3 is 14.2 Å². The normalized spacial score (nSPS) is 16.3. The zero-order valence-electron chi connectivity index (χ0n) is 21.3. The fraction of sp³-hybridized carbons (Fsp3) is 0.310. The molecule has 1 aliphatic rings. The number of fused-ring (bicyclic) bond motifs is 2. The van der Waals surface area contributed by atoms with Gasteiger partial charge in [0.2, 0.25) is 0 Å². The summed E-state index contributed by atoms with van der Waals surface area (Å²) in [6, 6.07) is 14.4. The Labute approximate surface area is 216 Å². The lowest BCUT2D eigenvalue weighted by molar-refractivity contribution is 0.143. The van der Waals surface area contributed by atoms with E-state index >= 15 is 0 Å². The molecule has 2 aromatic carbocycles. The van der Waals surface area contributed by atoms with E-state index in [1.807, 2.05) is 48.8 Å². The smallest absolute Gasteiger partial charge is 0.302 e. The summed E-state index contributed by atoms with van der Waals surface area (Å²) < 4.78 is 10.4. The van der Waals surface area contributed by atoms with Gasteiger partial charge in [0.25, 0.3) is 0 Å². The molecule has 0 unspecified atom stereocenters. The quantitative estimate of drug-likeness (QED) is 0.303. The van der Waals surface area contributed by atoms with Crippen LogP contribution in [-0.4, -0.2) is 55.6 Å². The van der Waals surface area contributed by atoms with Gasteiger partial charge in [0.05, 0.1) is 35.5 Å². The molecule has 37 heavy (non-hydrogen) atoms. The second-order valence-corrected chi connectivity index (χ2v) is 9.90. The molecule has 0 spiro atoms. The van der Waals surface area contributed by atoms with Crippen molar-refractivity contribution in [2.24, 2.45) is 13.0 Å². The molecule has 6 rings (SSSR count). The lowest BCUT2D eigenvalue weighted by Gasteiger charge is -2.29. The minimum absolute atomic E-state index is 0.468. The van der Waals surface area contributed by atoms with Crippen LogP contribution in [-0.2, 0) is 7.05 Å². The van der Waals surface area contributed by atoms with Crippen molar-refractivity contribution in [3.8, 4) is 28.4 Å². The first kappa shape index (κ1) is 23.2. The summed E-state index contributed by atoms with van der Waals surface area (Å²) in [6.07, 6.45) is 6.04. The number of likely N-dealkylation sites (tertiary alicyclic amines) is 1. The van der Waals surface area contributed by atoms with Crippen LogP contribution in [0.15, 0.2) is 54.9 Å². The maximum absolute atomic E-state index is 7.34. The van der Waals surface area contributed by atoms with Crippen molar-refractivity contribution in [3.63, 3.8) is 0 Å². The van der Waals surface area contributed by atoms with Gasteiger partial charge in [-0.25, -0.2) is 14.8 Å². The third kappa shape index (κ3) is 4.21. The van der Waals surface area contributed by atoms with Crippen LogP contribution in [0.4, 0.5) is 5.69 Å². The molecule has 0 amide bonds. The number of ether oxygens (including phenoxy) is 1. The molecule has 0 aliphatic carbocycles. The van der Waals surface area contributed by atoms with E-state index in [0.717, 1.165) is 64.4 Å². The number of hydrogen-bond acceptors (Lipinski definition) is 5. The van der Waals surface area contributed by atoms with Gasteiger partial charge >= 0.3 is 6.01 Å². The van der Waals surface area contributed by atoms with Crippen molar-refractivity contribution in [2.75, 3.05) is 26.7 Å². The van der Waals surface area contributed by atoms with Gasteiger partial charge in [0.1, 0.15) is 5.82 Å².